The van der Waals surface area contributed by atoms with Gasteiger partial charge in [0.25, 0.3) is 5.91 Å². The molecule has 1 amide bonds. The van der Waals surface area contributed by atoms with Gasteiger partial charge in [-0.2, -0.15) is 0 Å². The highest BCUT2D eigenvalue weighted by Gasteiger charge is 2.22. The lowest BCUT2D eigenvalue weighted by molar-refractivity contribution is 0.0741. The van der Waals surface area contributed by atoms with Crippen molar-refractivity contribution < 1.29 is 9.53 Å². The minimum Gasteiger partial charge on any atom is -0.496 e. The highest BCUT2D eigenvalue weighted by Crippen LogP contribution is 2.29. The Morgan fingerprint density at radius 2 is 1.77 bits per heavy atom. The highest BCUT2D eigenvalue weighted by molar-refractivity contribution is 5.95. The van der Waals surface area contributed by atoms with E-state index in [0.29, 0.717) is 5.56 Å². The van der Waals surface area contributed by atoms with Gasteiger partial charge in [0.1, 0.15) is 5.75 Å². The van der Waals surface area contributed by atoms with Crippen LogP contribution in [0.25, 0.3) is 5.69 Å². The van der Waals surface area contributed by atoms with Crippen molar-refractivity contribution >= 4 is 5.91 Å². The zero-order valence-corrected chi connectivity index (χ0v) is 15.6. The number of rotatable bonds is 5. The summed E-state index contributed by atoms with van der Waals surface area (Å²) < 4.78 is 7.47. The maximum absolute atomic E-state index is 13.1. The monoisotopic (exact) mass is 348 g/mol. The number of benzene rings is 2. The van der Waals surface area contributed by atoms with Gasteiger partial charge in [0.2, 0.25) is 0 Å². The van der Waals surface area contributed by atoms with Crippen molar-refractivity contribution in [2.24, 2.45) is 0 Å². The molecule has 0 aliphatic heterocycles. The van der Waals surface area contributed by atoms with E-state index in [0.717, 1.165) is 22.6 Å². The normalized spacial score (nSPS) is 11.8. The number of carbonyl (C=O) groups excluding carboxylic acids is 1. The molecular weight excluding hydrogens is 324 g/mol. The van der Waals surface area contributed by atoms with Gasteiger partial charge in [0.05, 0.1) is 13.2 Å². The Morgan fingerprint density at radius 1 is 1.08 bits per heavy atom. The average Bonchev–Trinajstić information content (AvgIpc) is 3.21. The van der Waals surface area contributed by atoms with E-state index in [9.17, 15) is 4.79 Å². The van der Waals surface area contributed by atoms with Gasteiger partial charge in [-0.15, -0.1) is 0 Å². The molecule has 1 heterocycles. The SMILES string of the molecule is COc1ccccc1C(C)N(C)C(=O)c1ccc(C)c(-n2cccc2)c1. The largest absolute Gasteiger partial charge is 0.496 e. The first-order chi connectivity index (χ1) is 12.5. The summed E-state index contributed by atoms with van der Waals surface area (Å²) in [4.78, 5) is 14.8. The van der Waals surface area contributed by atoms with Gasteiger partial charge in [-0.25, -0.2) is 0 Å². The van der Waals surface area contributed by atoms with E-state index in [1.807, 2.05) is 92.5 Å². The van der Waals surface area contributed by atoms with Crippen LogP contribution in [0.4, 0.5) is 0 Å². The Kier molecular flexibility index (Phi) is 5.12. The number of ether oxygens (including phenoxy) is 1. The Labute approximate surface area is 154 Å². The van der Waals surface area contributed by atoms with Crippen molar-refractivity contribution in [2.75, 3.05) is 14.2 Å². The predicted molar refractivity (Wildman–Crippen MR) is 104 cm³/mol. The summed E-state index contributed by atoms with van der Waals surface area (Å²) in [6, 6.07) is 17.5. The van der Waals surface area contributed by atoms with E-state index in [-0.39, 0.29) is 11.9 Å². The quantitative estimate of drug-likeness (QED) is 0.674. The zero-order valence-electron chi connectivity index (χ0n) is 15.6. The maximum atomic E-state index is 13.1. The molecule has 1 aromatic heterocycles. The summed E-state index contributed by atoms with van der Waals surface area (Å²) in [5, 5.41) is 0. The molecule has 3 rings (SSSR count). The van der Waals surface area contributed by atoms with Crippen LogP contribution in [0, 0.1) is 6.92 Å². The van der Waals surface area contributed by atoms with Crippen molar-refractivity contribution in [1.82, 2.24) is 9.47 Å². The van der Waals surface area contributed by atoms with Gasteiger partial charge >= 0.3 is 0 Å². The molecule has 3 aromatic rings. The van der Waals surface area contributed by atoms with Crippen LogP contribution in [0.5, 0.6) is 5.75 Å². The molecule has 0 fully saturated rings. The molecule has 0 bridgehead atoms. The fourth-order valence-corrected chi connectivity index (χ4v) is 3.12. The van der Waals surface area contributed by atoms with Crippen LogP contribution in [-0.4, -0.2) is 29.5 Å². The first-order valence-electron chi connectivity index (χ1n) is 8.67. The zero-order chi connectivity index (χ0) is 18.7. The van der Waals surface area contributed by atoms with Crippen molar-refractivity contribution in [3.05, 3.63) is 83.7 Å². The van der Waals surface area contributed by atoms with Crippen LogP contribution in [0.1, 0.15) is 34.5 Å². The number of aromatic nitrogens is 1. The molecule has 2 aromatic carbocycles. The number of amides is 1. The number of hydrogen-bond donors (Lipinski definition) is 0. The molecule has 0 saturated carbocycles. The standard InChI is InChI=1S/C22H24N2O2/c1-16-11-12-18(15-20(16)24-13-7-8-14-24)22(25)23(3)17(2)19-9-5-6-10-21(19)26-4/h5-15,17H,1-4H3. The molecule has 0 saturated heterocycles. The molecule has 1 atom stereocenters. The number of methoxy groups -OCH3 is 1. The summed E-state index contributed by atoms with van der Waals surface area (Å²) in [5.41, 5.74) is 3.80. The van der Waals surface area contributed by atoms with Crippen LogP contribution < -0.4 is 4.74 Å². The van der Waals surface area contributed by atoms with Crippen LogP contribution in [0.3, 0.4) is 0 Å². The first kappa shape index (κ1) is 17.8. The number of para-hydroxylation sites is 1. The molecule has 0 aliphatic rings. The molecule has 26 heavy (non-hydrogen) atoms. The topological polar surface area (TPSA) is 34.5 Å². The molecule has 0 aliphatic carbocycles. The van der Waals surface area contributed by atoms with Crippen LogP contribution in [0.15, 0.2) is 67.0 Å². The number of nitrogens with zero attached hydrogens (tertiary/aromatic N) is 2. The molecular formula is C22H24N2O2. The summed E-state index contributed by atoms with van der Waals surface area (Å²) in [5.74, 6) is 0.772. The third-order valence-electron chi connectivity index (χ3n) is 4.83. The van der Waals surface area contributed by atoms with E-state index in [4.69, 9.17) is 4.74 Å². The van der Waals surface area contributed by atoms with E-state index in [1.165, 1.54) is 0 Å². The molecule has 134 valence electrons. The predicted octanol–water partition coefficient (Wildman–Crippen LogP) is 4.63. The number of aryl methyl sites for hydroxylation is 1. The molecule has 4 heteroatoms. The molecule has 0 radical (unpaired) electrons. The second-order valence-electron chi connectivity index (χ2n) is 6.43. The van der Waals surface area contributed by atoms with Crippen molar-refractivity contribution in [2.45, 2.75) is 19.9 Å². The summed E-state index contributed by atoms with van der Waals surface area (Å²) >= 11 is 0. The summed E-state index contributed by atoms with van der Waals surface area (Å²) in [7, 11) is 3.48. The van der Waals surface area contributed by atoms with Crippen LogP contribution in [0.2, 0.25) is 0 Å². The summed E-state index contributed by atoms with van der Waals surface area (Å²) in [6.45, 7) is 4.06. The first-order valence-corrected chi connectivity index (χ1v) is 8.67. The lowest BCUT2D eigenvalue weighted by Gasteiger charge is -2.27. The van der Waals surface area contributed by atoms with Gasteiger partial charge in [-0.3, -0.25) is 4.79 Å². The average molecular weight is 348 g/mol. The van der Waals surface area contributed by atoms with Crippen molar-refractivity contribution in [3.8, 4) is 11.4 Å². The second kappa shape index (κ2) is 7.48. The smallest absolute Gasteiger partial charge is 0.254 e. The highest BCUT2D eigenvalue weighted by atomic mass is 16.5. The molecule has 0 spiro atoms. The summed E-state index contributed by atoms with van der Waals surface area (Å²) in [6.07, 6.45) is 3.97. The fraction of sp³-hybridized carbons (Fsp3) is 0.227. The van der Waals surface area contributed by atoms with E-state index >= 15 is 0 Å². The lowest BCUT2D eigenvalue weighted by Crippen LogP contribution is -2.30. The maximum Gasteiger partial charge on any atom is 0.254 e. The lowest BCUT2D eigenvalue weighted by atomic mass is 10.0. The molecule has 1 unspecified atom stereocenters. The van der Waals surface area contributed by atoms with Crippen LogP contribution >= 0.6 is 0 Å². The third kappa shape index (κ3) is 3.36. The van der Waals surface area contributed by atoms with Crippen molar-refractivity contribution in [1.29, 1.82) is 0 Å². The second-order valence-corrected chi connectivity index (χ2v) is 6.43. The third-order valence-corrected chi connectivity index (χ3v) is 4.83. The Morgan fingerprint density at radius 3 is 2.46 bits per heavy atom. The van der Waals surface area contributed by atoms with Gasteiger partial charge < -0.3 is 14.2 Å². The van der Waals surface area contributed by atoms with Crippen LogP contribution in [-0.2, 0) is 0 Å². The minimum absolute atomic E-state index is 0.0168. The Bertz CT molecular complexity index is 900. The van der Waals surface area contributed by atoms with E-state index < -0.39 is 0 Å². The van der Waals surface area contributed by atoms with Gasteiger partial charge in [0.15, 0.2) is 0 Å². The Balaban J connectivity index is 1.90. The van der Waals surface area contributed by atoms with E-state index in [1.54, 1.807) is 12.0 Å². The van der Waals surface area contributed by atoms with Gasteiger partial charge in [0, 0.05) is 36.3 Å². The molecule has 0 N–H and O–H groups in total. The molecule has 4 nitrogen and oxygen atoms in total. The van der Waals surface area contributed by atoms with E-state index in [2.05, 4.69) is 0 Å². The van der Waals surface area contributed by atoms with Crippen molar-refractivity contribution in [3.63, 3.8) is 0 Å². The number of hydrogen-bond acceptors (Lipinski definition) is 2. The number of carbonyl (C=O) groups is 1. The Hall–Kier alpha value is -3.01. The van der Waals surface area contributed by atoms with Gasteiger partial charge in [-0.05, 0) is 49.7 Å². The van der Waals surface area contributed by atoms with Gasteiger partial charge in [-0.1, -0.05) is 24.3 Å². The minimum atomic E-state index is -0.102. The fourth-order valence-electron chi connectivity index (χ4n) is 3.12.